The summed E-state index contributed by atoms with van der Waals surface area (Å²) in [6.45, 7) is 3.43. The summed E-state index contributed by atoms with van der Waals surface area (Å²) in [4.78, 5) is 15.6. The van der Waals surface area contributed by atoms with Crippen molar-refractivity contribution in [3.8, 4) is 22.6 Å². The highest BCUT2D eigenvalue weighted by Gasteiger charge is 2.12. The average Bonchev–Trinajstić information content (AvgIpc) is 2.81. The summed E-state index contributed by atoms with van der Waals surface area (Å²) in [5, 5.41) is 6.08. The molecule has 1 amide bonds. The number of carbonyl (C=O) groups is 1. The van der Waals surface area contributed by atoms with Gasteiger partial charge in [-0.2, -0.15) is 0 Å². The van der Waals surface area contributed by atoms with Crippen LogP contribution in [-0.2, 0) is 4.79 Å². The van der Waals surface area contributed by atoms with Gasteiger partial charge in [0.1, 0.15) is 11.6 Å². The zero-order chi connectivity index (χ0) is 23.2. The van der Waals surface area contributed by atoms with E-state index in [1.165, 1.54) is 13.0 Å². The van der Waals surface area contributed by atoms with E-state index in [-0.39, 0.29) is 17.7 Å². The Kier molecular flexibility index (Phi) is 6.64. The van der Waals surface area contributed by atoms with Gasteiger partial charge in [0.15, 0.2) is 11.6 Å². The molecule has 1 heterocycles. The highest BCUT2D eigenvalue weighted by atomic mass is 19.1. The number of aromatic nitrogens is 1. The van der Waals surface area contributed by atoms with E-state index in [1.54, 1.807) is 24.4 Å². The summed E-state index contributed by atoms with van der Waals surface area (Å²) < 4.78 is 20.3. The summed E-state index contributed by atoms with van der Waals surface area (Å²) in [6, 6.07) is 25.3. The molecular formula is C27H24FN3O2. The monoisotopic (exact) mass is 441 g/mol. The zero-order valence-corrected chi connectivity index (χ0v) is 18.4. The fraction of sp³-hybridized carbons (Fsp3) is 0.111. The predicted octanol–water partition coefficient (Wildman–Crippen LogP) is 6.81. The Morgan fingerprint density at radius 2 is 1.70 bits per heavy atom. The number of anilines is 2. The van der Waals surface area contributed by atoms with Gasteiger partial charge in [0, 0.05) is 18.8 Å². The lowest BCUT2D eigenvalue weighted by molar-refractivity contribution is -0.114. The number of nitrogens with zero attached hydrogens (tertiary/aromatic N) is 1. The lowest BCUT2D eigenvalue weighted by Gasteiger charge is -2.17. The van der Waals surface area contributed by atoms with Crippen molar-refractivity contribution in [2.75, 3.05) is 10.6 Å². The normalized spacial score (nSPS) is 11.5. The summed E-state index contributed by atoms with van der Waals surface area (Å²) in [5.41, 5.74) is 3.50. The van der Waals surface area contributed by atoms with E-state index in [4.69, 9.17) is 4.74 Å². The van der Waals surface area contributed by atoms with Gasteiger partial charge in [0.2, 0.25) is 5.91 Å². The first-order valence-electron chi connectivity index (χ1n) is 10.6. The quantitative estimate of drug-likeness (QED) is 0.331. The van der Waals surface area contributed by atoms with Crippen LogP contribution in [0.4, 0.5) is 15.9 Å². The van der Waals surface area contributed by atoms with Gasteiger partial charge in [-0.15, -0.1) is 0 Å². The van der Waals surface area contributed by atoms with Crippen LogP contribution in [0.25, 0.3) is 11.1 Å². The average molecular weight is 442 g/mol. The number of pyridine rings is 1. The first kappa shape index (κ1) is 22.0. The molecule has 0 saturated heterocycles. The van der Waals surface area contributed by atoms with Crippen LogP contribution >= 0.6 is 0 Å². The van der Waals surface area contributed by atoms with Crippen molar-refractivity contribution in [3.63, 3.8) is 0 Å². The fourth-order valence-corrected chi connectivity index (χ4v) is 3.43. The van der Waals surface area contributed by atoms with Gasteiger partial charge in [0.25, 0.3) is 0 Å². The Morgan fingerprint density at radius 3 is 2.39 bits per heavy atom. The van der Waals surface area contributed by atoms with Crippen molar-refractivity contribution in [2.45, 2.75) is 19.9 Å². The van der Waals surface area contributed by atoms with Crippen molar-refractivity contribution in [3.05, 3.63) is 103 Å². The molecule has 4 aromatic rings. The third-order valence-corrected chi connectivity index (χ3v) is 5.09. The number of ether oxygens (including phenoxy) is 1. The summed E-state index contributed by atoms with van der Waals surface area (Å²) in [6.07, 6.45) is 1.73. The molecule has 0 aliphatic carbocycles. The van der Waals surface area contributed by atoms with Crippen LogP contribution in [-0.4, -0.2) is 10.9 Å². The van der Waals surface area contributed by atoms with Crippen LogP contribution < -0.4 is 15.4 Å². The fourth-order valence-electron chi connectivity index (χ4n) is 3.43. The van der Waals surface area contributed by atoms with Gasteiger partial charge in [0.05, 0.1) is 6.04 Å². The van der Waals surface area contributed by atoms with E-state index >= 15 is 0 Å². The maximum atomic E-state index is 14.6. The number of rotatable bonds is 7. The predicted molar refractivity (Wildman–Crippen MR) is 129 cm³/mol. The standard InChI is InChI=1S/C27H24FN3O2/c1-18(21-10-13-26(25(28)16-21)33-24-6-4-3-5-7-24)30-27-17-22(14-15-29-27)20-8-11-23(12-9-20)31-19(2)32/h3-18H,1-2H3,(H,29,30)(H,31,32)/t18-/m0/s1. The van der Waals surface area contributed by atoms with Crippen LogP contribution in [0, 0.1) is 5.82 Å². The molecular weight excluding hydrogens is 417 g/mol. The smallest absolute Gasteiger partial charge is 0.221 e. The van der Waals surface area contributed by atoms with Crippen LogP contribution in [0.1, 0.15) is 25.5 Å². The third kappa shape index (κ3) is 5.74. The Morgan fingerprint density at radius 1 is 0.939 bits per heavy atom. The van der Waals surface area contributed by atoms with Crippen LogP contribution in [0.2, 0.25) is 0 Å². The molecule has 0 aliphatic heterocycles. The summed E-state index contributed by atoms with van der Waals surface area (Å²) in [5.74, 6) is 0.909. The van der Waals surface area contributed by atoms with Crippen LogP contribution in [0.15, 0.2) is 91.1 Å². The van der Waals surface area contributed by atoms with Crippen molar-refractivity contribution in [1.29, 1.82) is 0 Å². The zero-order valence-electron chi connectivity index (χ0n) is 18.4. The van der Waals surface area contributed by atoms with E-state index in [9.17, 15) is 9.18 Å². The highest BCUT2D eigenvalue weighted by Crippen LogP contribution is 2.29. The maximum Gasteiger partial charge on any atom is 0.221 e. The number of hydrogen-bond donors (Lipinski definition) is 2. The van der Waals surface area contributed by atoms with Gasteiger partial charge in [-0.3, -0.25) is 4.79 Å². The Hall–Kier alpha value is -4.19. The molecule has 0 unspecified atom stereocenters. The van der Waals surface area contributed by atoms with Crippen molar-refractivity contribution < 1.29 is 13.9 Å². The van der Waals surface area contributed by atoms with E-state index in [0.717, 1.165) is 22.4 Å². The van der Waals surface area contributed by atoms with E-state index in [2.05, 4.69) is 15.6 Å². The largest absolute Gasteiger partial charge is 0.454 e. The van der Waals surface area contributed by atoms with Gasteiger partial charge < -0.3 is 15.4 Å². The van der Waals surface area contributed by atoms with Crippen molar-refractivity contribution in [2.24, 2.45) is 0 Å². The highest BCUT2D eigenvalue weighted by molar-refractivity contribution is 5.89. The Bertz CT molecular complexity index is 1240. The topological polar surface area (TPSA) is 63.2 Å². The molecule has 166 valence electrons. The summed E-state index contributed by atoms with van der Waals surface area (Å²) >= 11 is 0. The molecule has 0 aliphatic rings. The second-order valence-electron chi connectivity index (χ2n) is 7.66. The molecule has 4 rings (SSSR count). The number of para-hydroxylation sites is 1. The first-order valence-corrected chi connectivity index (χ1v) is 10.6. The molecule has 0 fully saturated rings. The summed E-state index contributed by atoms with van der Waals surface area (Å²) in [7, 11) is 0. The number of hydrogen-bond acceptors (Lipinski definition) is 4. The van der Waals surface area contributed by atoms with Crippen LogP contribution in [0.3, 0.4) is 0 Å². The van der Waals surface area contributed by atoms with E-state index < -0.39 is 5.82 Å². The van der Waals surface area contributed by atoms with Gasteiger partial charge in [-0.1, -0.05) is 36.4 Å². The molecule has 6 heteroatoms. The minimum absolute atomic E-state index is 0.108. The Balaban J connectivity index is 1.46. The molecule has 3 aromatic carbocycles. The SMILES string of the molecule is CC(=O)Nc1ccc(-c2ccnc(N[C@@H](C)c3ccc(Oc4ccccc4)c(F)c3)c2)cc1. The van der Waals surface area contributed by atoms with Crippen molar-refractivity contribution in [1.82, 2.24) is 4.98 Å². The van der Waals surface area contributed by atoms with E-state index in [1.807, 2.05) is 67.6 Å². The molecule has 2 N–H and O–H groups in total. The molecule has 1 atom stereocenters. The van der Waals surface area contributed by atoms with Gasteiger partial charge >= 0.3 is 0 Å². The lowest BCUT2D eigenvalue weighted by Crippen LogP contribution is -2.08. The minimum Gasteiger partial charge on any atom is -0.454 e. The van der Waals surface area contributed by atoms with Crippen molar-refractivity contribution >= 4 is 17.4 Å². The third-order valence-electron chi connectivity index (χ3n) is 5.09. The molecule has 0 spiro atoms. The van der Waals surface area contributed by atoms with Crippen LogP contribution in [0.5, 0.6) is 11.5 Å². The van der Waals surface area contributed by atoms with E-state index in [0.29, 0.717) is 11.6 Å². The first-order chi connectivity index (χ1) is 16.0. The molecule has 33 heavy (non-hydrogen) atoms. The lowest BCUT2D eigenvalue weighted by atomic mass is 10.1. The molecule has 0 radical (unpaired) electrons. The van der Waals surface area contributed by atoms with Gasteiger partial charge in [-0.25, -0.2) is 9.37 Å². The maximum absolute atomic E-state index is 14.6. The molecule has 1 aromatic heterocycles. The minimum atomic E-state index is -0.425. The van der Waals surface area contributed by atoms with Gasteiger partial charge in [-0.05, 0) is 72.1 Å². The number of halogens is 1. The Labute approximate surface area is 192 Å². The second-order valence-corrected chi connectivity index (χ2v) is 7.66. The molecule has 5 nitrogen and oxygen atoms in total. The number of nitrogens with one attached hydrogen (secondary N) is 2. The number of benzene rings is 3. The molecule has 0 saturated carbocycles. The number of carbonyl (C=O) groups excluding carboxylic acids is 1. The number of amides is 1. The second kappa shape index (κ2) is 9.96. The molecule has 0 bridgehead atoms.